The number of halogens is 4. The van der Waals surface area contributed by atoms with E-state index in [9.17, 15) is 35.6 Å². The van der Waals surface area contributed by atoms with Gasteiger partial charge in [0.25, 0.3) is 11.8 Å². The van der Waals surface area contributed by atoms with E-state index in [4.69, 9.17) is 5.26 Å². The number of amides is 2. The number of alkyl halides is 4. The van der Waals surface area contributed by atoms with Crippen LogP contribution in [0, 0.1) is 18.3 Å². The third-order valence-electron chi connectivity index (χ3n) is 4.96. The van der Waals surface area contributed by atoms with Crippen LogP contribution < -0.4 is 15.4 Å². The van der Waals surface area contributed by atoms with E-state index in [0.29, 0.717) is 6.07 Å². The molecule has 0 aliphatic rings. The second kappa shape index (κ2) is 11.6. The van der Waals surface area contributed by atoms with Gasteiger partial charge in [0.05, 0.1) is 29.4 Å². The molecule has 2 atom stereocenters. The van der Waals surface area contributed by atoms with Crippen molar-refractivity contribution in [3.05, 3.63) is 53.5 Å². The minimum absolute atomic E-state index is 0.0800. The third kappa shape index (κ3) is 7.25. The fourth-order valence-electron chi connectivity index (χ4n) is 3.15. The van der Waals surface area contributed by atoms with Crippen LogP contribution in [0.4, 0.5) is 17.6 Å². The van der Waals surface area contributed by atoms with Gasteiger partial charge >= 0.3 is 12.5 Å². The Balaban J connectivity index is 1.88. The number of ether oxygens (including phenoxy) is 1. The van der Waals surface area contributed by atoms with Crippen LogP contribution in [0.5, 0.6) is 5.75 Å². The van der Waals surface area contributed by atoms with Crippen LogP contribution in [0.25, 0.3) is 5.82 Å². The van der Waals surface area contributed by atoms with Crippen molar-refractivity contribution in [2.24, 2.45) is 0 Å². The van der Waals surface area contributed by atoms with Crippen LogP contribution in [-0.4, -0.2) is 70.3 Å². The monoisotopic (exact) mass is 584 g/mol. The smallest absolute Gasteiger partial charge is 0.452 e. The largest absolute Gasteiger partial charge is 0.457 e. The highest BCUT2D eigenvalue weighted by Gasteiger charge is 2.42. The number of carbonyl (C=O) groups excluding carboxylic acids is 2. The van der Waals surface area contributed by atoms with Gasteiger partial charge in [-0.2, -0.15) is 27.5 Å². The second-order valence-corrected chi connectivity index (χ2v) is 10.2. The number of benzene rings is 1. The van der Waals surface area contributed by atoms with E-state index in [-0.39, 0.29) is 29.7 Å². The number of nitriles is 1. The number of aromatic nitrogens is 5. The molecule has 1 unspecified atom stereocenters. The quantitative estimate of drug-likeness (QED) is 0.278. The number of nitrogens with one attached hydrogen (secondary N) is 2. The van der Waals surface area contributed by atoms with Crippen molar-refractivity contribution in [1.82, 2.24) is 35.4 Å². The van der Waals surface area contributed by atoms with Crippen LogP contribution in [0.1, 0.15) is 45.5 Å². The van der Waals surface area contributed by atoms with Gasteiger partial charge in [0.2, 0.25) is 0 Å². The second-order valence-electron chi connectivity index (χ2n) is 8.17. The average Bonchev–Trinajstić information content (AvgIpc) is 3.27. The molecular formula is C22H20F4N8O5S. The molecule has 0 fully saturated rings. The van der Waals surface area contributed by atoms with E-state index < -0.39 is 56.4 Å². The molecule has 0 aliphatic heterocycles. The first kappa shape index (κ1) is 29.9. The summed E-state index contributed by atoms with van der Waals surface area (Å²) in [5, 5.41) is 17.6. The summed E-state index contributed by atoms with van der Waals surface area (Å²) in [4.78, 5) is 36.6. The van der Waals surface area contributed by atoms with E-state index in [1.807, 2.05) is 0 Å². The van der Waals surface area contributed by atoms with Gasteiger partial charge in [0.1, 0.15) is 23.8 Å². The van der Waals surface area contributed by atoms with Gasteiger partial charge in [-0.15, -0.1) is 5.10 Å². The fourth-order valence-corrected chi connectivity index (χ4v) is 3.83. The first-order chi connectivity index (χ1) is 18.6. The third-order valence-corrected chi connectivity index (χ3v) is 6.05. The standard InChI is InChI=1S/C22H20F4N8O5S/c1-11(18-32-12(2)33-34(18)17-10-29-16(9-30-17)20(36)28-5-4-27)31-19(35)13-6-14(39-21(23)22(24,25)26)8-15(7-13)40(3,37)38/h6-11,21H,5H2,1-3H3,(H,28,36)(H,31,35)/t11-,21?/m0/s1. The van der Waals surface area contributed by atoms with Crippen molar-refractivity contribution in [1.29, 1.82) is 5.26 Å². The maximum Gasteiger partial charge on any atom is 0.457 e. The zero-order valence-electron chi connectivity index (χ0n) is 20.9. The summed E-state index contributed by atoms with van der Waals surface area (Å²) >= 11 is 0. The minimum atomic E-state index is -5.39. The Morgan fingerprint density at radius 1 is 1.18 bits per heavy atom. The Labute approximate surface area is 224 Å². The molecule has 0 saturated carbocycles. The van der Waals surface area contributed by atoms with Crippen molar-refractivity contribution in [3.8, 4) is 17.6 Å². The highest BCUT2D eigenvalue weighted by molar-refractivity contribution is 7.90. The van der Waals surface area contributed by atoms with Gasteiger partial charge in [-0.25, -0.2) is 23.4 Å². The minimum Gasteiger partial charge on any atom is -0.452 e. The number of rotatable bonds is 9. The Bertz CT molecular complexity index is 1570. The van der Waals surface area contributed by atoms with Crippen LogP contribution in [0.2, 0.25) is 0 Å². The summed E-state index contributed by atoms with van der Waals surface area (Å²) in [5.74, 6) is -1.94. The molecule has 2 aromatic heterocycles. The van der Waals surface area contributed by atoms with E-state index in [0.717, 1.165) is 24.6 Å². The number of carbonyl (C=O) groups is 2. The molecule has 2 heterocycles. The number of hydrogen-bond acceptors (Lipinski definition) is 10. The van der Waals surface area contributed by atoms with Gasteiger partial charge < -0.3 is 15.4 Å². The molecule has 2 N–H and O–H groups in total. The highest BCUT2D eigenvalue weighted by atomic mass is 32.2. The van der Waals surface area contributed by atoms with E-state index in [2.05, 4.69) is 35.4 Å². The summed E-state index contributed by atoms with van der Waals surface area (Å²) in [6.07, 6.45) is -6.08. The van der Waals surface area contributed by atoms with E-state index in [1.165, 1.54) is 17.8 Å². The van der Waals surface area contributed by atoms with Crippen molar-refractivity contribution in [2.75, 3.05) is 12.8 Å². The molecule has 0 saturated heterocycles. The van der Waals surface area contributed by atoms with Crippen molar-refractivity contribution >= 4 is 21.7 Å². The lowest BCUT2D eigenvalue weighted by Crippen LogP contribution is -2.31. The number of sulfone groups is 1. The molecule has 0 spiro atoms. The fraction of sp³-hybridized carbons (Fsp3) is 0.318. The van der Waals surface area contributed by atoms with Gasteiger partial charge in [0, 0.05) is 11.8 Å². The first-order valence-corrected chi connectivity index (χ1v) is 12.9. The molecule has 0 bridgehead atoms. The predicted molar refractivity (Wildman–Crippen MR) is 127 cm³/mol. The summed E-state index contributed by atoms with van der Waals surface area (Å²) in [6.45, 7) is 2.79. The van der Waals surface area contributed by atoms with Crippen LogP contribution >= 0.6 is 0 Å². The van der Waals surface area contributed by atoms with E-state index in [1.54, 1.807) is 13.0 Å². The zero-order valence-corrected chi connectivity index (χ0v) is 21.7. The normalized spacial score (nSPS) is 13.2. The lowest BCUT2D eigenvalue weighted by atomic mass is 10.2. The summed E-state index contributed by atoms with van der Waals surface area (Å²) in [6, 6.07) is 3.12. The molecular weight excluding hydrogens is 564 g/mol. The zero-order chi connectivity index (χ0) is 29.8. The summed E-state index contributed by atoms with van der Waals surface area (Å²) < 4.78 is 80.8. The van der Waals surface area contributed by atoms with Gasteiger partial charge in [-0.3, -0.25) is 9.59 Å². The molecule has 2 amide bonds. The number of nitrogens with zero attached hydrogens (tertiary/aromatic N) is 6. The maximum absolute atomic E-state index is 13.5. The lowest BCUT2D eigenvalue weighted by Gasteiger charge is -2.17. The Morgan fingerprint density at radius 2 is 1.88 bits per heavy atom. The van der Waals surface area contributed by atoms with Gasteiger partial charge in [0.15, 0.2) is 21.5 Å². The van der Waals surface area contributed by atoms with Gasteiger partial charge in [-0.05, 0) is 32.0 Å². The Kier molecular flexibility index (Phi) is 8.68. The SMILES string of the molecule is Cc1nc([C@H](C)NC(=O)c2cc(OC(F)C(F)(F)F)cc(S(C)(=O)=O)c2)n(-c2cnc(C(=O)NCC#N)cn2)n1. The topological polar surface area (TPSA) is 182 Å². The van der Waals surface area contributed by atoms with Crippen molar-refractivity contribution < 1.29 is 40.3 Å². The molecule has 3 aromatic rings. The molecule has 0 aliphatic carbocycles. The molecule has 1 aromatic carbocycles. The Hall–Kier alpha value is -4.66. The maximum atomic E-state index is 13.5. The molecule has 0 radical (unpaired) electrons. The van der Waals surface area contributed by atoms with Crippen LogP contribution in [0.3, 0.4) is 0 Å². The first-order valence-electron chi connectivity index (χ1n) is 11.0. The number of hydrogen-bond donors (Lipinski definition) is 2. The van der Waals surface area contributed by atoms with Crippen molar-refractivity contribution in [2.45, 2.75) is 37.3 Å². The number of aryl methyl sites for hydroxylation is 1. The van der Waals surface area contributed by atoms with E-state index >= 15 is 0 Å². The van der Waals surface area contributed by atoms with Crippen LogP contribution in [-0.2, 0) is 9.84 Å². The predicted octanol–water partition coefficient (Wildman–Crippen LogP) is 1.75. The molecule has 40 heavy (non-hydrogen) atoms. The lowest BCUT2D eigenvalue weighted by molar-refractivity contribution is -0.236. The average molecular weight is 585 g/mol. The molecule has 18 heteroatoms. The van der Waals surface area contributed by atoms with Crippen LogP contribution in [0.15, 0.2) is 35.5 Å². The van der Waals surface area contributed by atoms with Gasteiger partial charge in [-0.1, -0.05) is 0 Å². The van der Waals surface area contributed by atoms with Crippen molar-refractivity contribution in [3.63, 3.8) is 0 Å². The molecule has 212 valence electrons. The molecule has 13 nitrogen and oxygen atoms in total. The summed E-state index contributed by atoms with van der Waals surface area (Å²) in [5.41, 5.74) is -0.516. The summed E-state index contributed by atoms with van der Waals surface area (Å²) in [7, 11) is -4.04. The Morgan fingerprint density at radius 3 is 2.45 bits per heavy atom. The molecule has 3 rings (SSSR count). The highest BCUT2D eigenvalue weighted by Crippen LogP contribution is 2.29.